The van der Waals surface area contributed by atoms with E-state index in [0.29, 0.717) is 11.5 Å². The number of hydrogen-bond acceptors (Lipinski definition) is 4. The molecule has 0 aliphatic carbocycles. The molecule has 1 aliphatic rings. The van der Waals surface area contributed by atoms with Crippen molar-refractivity contribution in [3.63, 3.8) is 0 Å². The summed E-state index contributed by atoms with van der Waals surface area (Å²) in [7, 11) is 0. The predicted molar refractivity (Wildman–Crippen MR) is 82.3 cm³/mol. The minimum atomic E-state index is -0.424. The molecule has 0 radical (unpaired) electrons. The summed E-state index contributed by atoms with van der Waals surface area (Å²) >= 11 is 0. The molecule has 2 heterocycles. The lowest BCUT2D eigenvalue weighted by molar-refractivity contribution is 0.100. The van der Waals surface area contributed by atoms with Crippen LogP contribution in [0.3, 0.4) is 0 Å². The molecule has 0 saturated carbocycles. The first-order valence-corrected chi connectivity index (χ1v) is 7.22. The fraction of sp³-hybridized carbons (Fsp3) is 0.375. The van der Waals surface area contributed by atoms with E-state index in [4.69, 9.17) is 5.73 Å². The number of rotatable bonds is 3. The number of carbonyl (C=O) groups is 1. The van der Waals surface area contributed by atoms with E-state index in [9.17, 15) is 9.90 Å². The van der Waals surface area contributed by atoms with Gasteiger partial charge in [-0.05, 0) is 30.9 Å². The predicted octanol–water partition coefficient (Wildman–Crippen LogP) is 1.54. The van der Waals surface area contributed by atoms with Gasteiger partial charge in [0.1, 0.15) is 0 Å². The third-order valence-corrected chi connectivity index (χ3v) is 4.14. The molecule has 1 saturated heterocycles. The number of pyridine rings is 1. The summed E-state index contributed by atoms with van der Waals surface area (Å²) in [5.74, 6) is -0.125. The average molecular weight is 285 g/mol. The first-order valence-electron chi connectivity index (χ1n) is 7.22. The van der Waals surface area contributed by atoms with Crippen molar-refractivity contribution in [1.82, 2.24) is 4.98 Å². The van der Waals surface area contributed by atoms with Crippen LogP contribution in [0.25, 0.3) is 10.8 Å². The number of fused-ring (bicyclic) bond motifs is 1. The molecule has 0 spiro atoms. The molecule has 21 heavy (non-hydrogen) atoms. The van der Waals surface area contributed by atoms with Crippen LogP contribution in [0.15, 0.2) is 30.6 Å². The topological polar surface area (TPSA) is 79.5 Å². The van der Waals surface area contributed by atoms with Crippen LogP contribution >= 0.6 is 0 Å². The molecule has 1 fully saturated rings. The molecule has 0 bridgehead atoms. The van der Waals surface area contributed by atoms with E-state index in [1.807, 2.05) is 18.3 Å². The van der Waals surface area contributed by atoms with Crippen LogP contribution < -0.4 is 10.6 Å². The van der Waals surface area contributed by atoms with Crippen LogP contribution in [0.1, 0.15) is 23.2 Å². The maximum Gasteiger partial charge on any atom is 0.248 e. The Bertz CT molecular complexity index is 672. The van der Waals surface area contributed by atoms with Gasteiger partial charge in [0.2, 0.25) is 5.91 Å². The number of anilines is 1. The van der Waals surface area contributed by atoms with Crippen molar-refractivity contribution in [2.24, 2.45) is 11.7 Å². The number of benzene rings is 1. The quantitative estimate of drug-likeness (QED) is 0.896. The van der Waals surface area contributed by atoms with E-state index in [1.165, 1.54) is 0 Å². The Kier molecular flexibility index (Phi) is 3.75. The van der Waals surface area contributed by atoms with E-state index in [0.717, 1.165) is 42.4 Å². The van der Waals surface area contributed by atoms with Crippen LogP contribution in [0, 0.1) is 5.92 Å². The number of amides is 1. The number of aromatic nitrogens is 1. The normalized spacial score (nSPS) is 18.9. The molecular weight excluding hydrogens is 266 g/mol. The van der Waals surface area contributed by atoms with E-state index >= 15 is 0 Å². The Labute approximate surface area is 123 Å². The van der Waals surface area contributed by atoms with Crippen molar-refractivity contribution in [1.29, 1.82) is 0 Å². The minimum absolute atomic E-state index is 0.210. The first kappa shape index (κ1) is 13.8. The molecule has 1 aromatic heterocycles. The summed E-state index contributed by atoms with van der Waals surface area (Å²) in [4.78, 5) is 17.9. The maximum absolute atomic E-state index is 11.4. The fourth-order valence-corrected chi connectivity index (χ4v) is 2.99. The summed E-state index contributed by atoms with van der Waals surface area (Å²) in [5.41, 5.74) is 6.89. The molecule has 1 aliphatic heterocycles. The Hall–Kier alpha value is -2.14. The zero-order chi connectivity index (χ0) is 14.8. The highest BCUT2D eigenvalue weighted by Gasteiger charge is 2.21. The summed E-state index contributed by atoms with van der Waals surface area (Å²) in [5, 5.41) is 11.4. The van der Waals surface area contributed by atoms with Crippen LogP contribution in [0.5, 0.6) is 0 Å². The zero-order valence-corrected chi connectivity index (χ0v) is 11.8. The Balaban J connectivity index is 2.04. The lowest BCUT2D eigenvalue weighted by atomic mass is 9.97. The van der Waals surface area contributed by atoms with E-state index in [2.05, 4.69) is 9.88 Å². The van der Waals surface area contributed by atoms with Crippen molar-refractivity contribution >= 4 is 22.4 Å². The Morgan fingerprint density at radius 2 is 2.29 bits per heavy atom. The lowest BCUT2D eigenvalue weighted by Crippen LogP contribution is -2.37. The van der Waals surface area contributed by atoms with Crippen molar-refractivity contribution in [3.05, 3.63) is 36.2 Å². The maximum atomic E-state index is 11.4. The van der Waals surface area contributed by atoms with E-state index in [-0.39, 0.29) is 6.61 Å². The number of carbonyl (C=O) groups excluding carboxylic acids is 1. The summed E-state index contributed by atoms with van der Waals surface area (Å²) in [6.45, 7) is 1.97. The summed E-state index contributed by atoms with van der Waals surface area (Å²) in [6.07, 6.45) is 5.72. The van der Waals surface area contributed by atoms with Crippen molar-refractivity contribution < 1.29 is 9.90 Å². The molecule has 1 amide bonds. The molecule has 3 N–H and O–H groups in total. The molecule has 110 valence electrons. The van der Waals surface area contributed by atoms with Gasteiger partial charge in [-0.1, -0.05) is 6.07 Å². The second kappa shape index (κ2) is 5.69. The van der Waals surface area contributed by atoms with Gasteiger partial charge in [-0.25, -0.2) is 0 Å². The van der Waals surface area contributed by atoms with Crippen molar-refractivity contribution in [3.8, 4) is 0 Å². The number of hydrogen-bond donors (Lipinski definition) is 2. The van der Waals surface area contributed by atoms with Gasteiger partial charge in [0.25, 0.3) is 0 Å². The Morgan fingerprint density at radius 3 is 3.05 bits per heavy atom. The smallest absolute Gasteiger partial charge is 0.248 e. The summed E-state index contributed by atoms with van der Waals surface area (Å²) < 4.78 is 0. The molecule has 2 aromatic rings. The molecule has 5 nitrogen and oxygen atoms in total. The fourth-order valence-electron chi connectivity index (χ4n) is 2.99. The zero-order valence-electron chi connectivity index (χ0n) is 11.8. The molecule has 1 atom stereocenters. The van der Waals surface area contributed by atoms with Crippen molar-refractivity contribution in [2.75, 3.05) is 24.6 Å². The van der Waals surface area contributed by atoms with Crippen LogP contribution in [0.2, 0.25) is 0 Å². The molecular formula is C16H19N3O2. The average Bonchev–Trinajstić information content (AvgIpc) is 2.53. The highest BCUT2D eigenvalue weighted by atomic mass is 16.3. The third-order valence-electron chi connectivity index (χ3n) is 4.14. The largest absolute Gasteiger partial charge is 0.396 e. The Morgan fingerprint density at radius 1 is 1.43 bits per heavy atom. The number of nitrogens with two attached hydrogens (primary N) is 1. The van der Waals surface area contributed by atoms with Gasteiger partial charge < -0.3 is 15.7 Å². The van der Waals surface area contributed by atoms with Crippen LogP contribution in [-0.2, 0) is 0 Å². The number of aliphatic hydroxyl groups excluding tert-OH is 1. The van der Waals surface area contributed by atoms with Gasteiger partial charge in [0, 0.05) is 42.2 Å². The van der Waals surface area contributed by atoms with Gasteiger partial charge in [0.05, 0.1) is 11.9 Å². The molecule has 3 rings (SSSR count). The molecule has 1 unspecified atom stereocenters. The van der Waals surface area contributed by atoms with Crippen LogP contribution in [-0.4, -0.2) is 35.7 Å². The van der Waals surface area contributed by atoms with Gasteiger partial charge in [-0.15, -0.1) is 0 Å². The highest BCUT2D eigenvalue weighted by Crippen LogP contribution is 2.30. The number of nitrogens with zero attached hydrogens (tertiary/aromatic N) is 2. The van der Waals surface area contributed by atoms with Gasteiger partial charge in [0.15, 0.2) is 0 Å². The third kappa shape index (κ3) is 2.69. The summed E-state index contributed by atoms with van der Waals surface area (Å²) in [6, 6.07) is 5.43. The lowest BCUT2D eigenvalue weighted by Gasteiger charge is -2.34. The van der Waals surface area contributed by atoms with Crippen LogP contribution in [0.4, 0.5) is 5.69 Å². The van der Waals surface area contributed by atoms with Gasteiger partial charge >= 0.3 is 0 Å². The number of primary amides is 1. The van der Waals surface area contributed by atoms with E-state index in [1.54, 1.807) is 12.3 Å². The minimum Gasteiger partial charge on any atom is -0.396 e. The number of piperidine rings is 1. The van der Waals surface area contributed by atoms with Gasteiger partial charge in [-0.2, -0.15) is 0 Å². The second-order valence-electron chi connectivity index (χ2n) is 5.60. The number of aliphatic hydroxyl groups is 1. The molecule has 5 heteroatoms. The van der Waals surface area contributed by atoms with Gasteiger partial charge in [-0.3, -0.25) is 9.78 Å². The van der Waals surface area contributed by atoms with Crippen molar-refractivity contribution in [2.45, 2.75) is 12.8 Å². The molecule has 1 aromatic carbocycles. The second-order valence-corrected chi connectivity index (χ2v) is 5.60. The first-order chi connectivity index (χ1) is 10.2. The highest BCUT2D eigenvalue weighted by molar-refractivity contribution is 6.01. The monoisotopic (exact) mass is 285 g/mol. The van der Waals surface area contributed by atoms with E-state index < -0.39 is 5.91 Å². The SMILES string of the molecule is NC(=O)c1ccc2cncc(N3CCCC(CO)C3)c2c1. The standard InChI is InChI=1S/C16H19N3O2/c17-16(21)12-3-4-13-7-18-8-15(14(13)6-12)19-5-1-2-11(9-19)10-20/h3-4,6-8,11,20H,1-2,5,9-10H2,(H2,17,21).